The molecule has 1 fully saturated rings. The van der Waals surface area contributed by atoms with Gasteiger partial charge in [0.05, 0.1) is 12.0 Å². The van der Waals surface area contributed by atoms with Gasteiger partial charge in [0.25, 0.3) is 5.91 Å². The maximum Gasteiger partial charge on any atom is 0.251 e. The van der Waals surface area contributed by atoms with Crippen LogP contribution in [0.1, 0.15) is 21.5 Å². The zero-order chi connectivity index (χ0) is 24.0. The second-order valence-electron chi connectivity index (χ2n) is 8.22. The number of hydrogen-bond donors (Lipinski definition) is 1. The van der Waals surface area contributed by atoms with Crippen molar-refractivity contribution in [2.24, 2.45) is 0 Å². The molecule has 0 spiro atoms. The van der Waals surface area contributed by atoms with Crippen molar-refractivity contribution in [1.29, 1.82) is 0 Å². The molecular formula is C26H29N3O4S. The second-order valence-corrected chi connectivity index (χ2v) is 10.2. The largest absolute Gasteiger partial charge is 0.497 e. The molecule has 178 valence electrons. The number of benzene rings is 3. The number of rotatable bonds is 8. The van der Waals surface area contributed by atoms with Crippen LogP contribution in [0, 0.1) is 0 Å². The monoisotopic (exact) mass is 479 g/mol. The van der Waals surface area contributed by atoms with Crippen LogP contribution < -0.4 is 10.1 Å². The van der Waals surface area contributed by atoms with E-state index in [2.05, 4.69) is 10.2 Å². The summed E-state index contributed by atoms with van der Waals surface area (Å²) in [7, 11) is -1.82. The maximum absolute atomic E-state index is 12.8. The Morgan fingerprint density at radius 2 is 1.47 bits per heavy atom. The van der Waals surface area contributed by atoms with Gasteiger partial charge in [-0.25, -0.2) is 8.42 Å². The zero-order valence-corrected chi connectivity index (χ0v) is 20.0. The number of carbonyl (C=O) groups excluding carboxylic acids is 1. The predicted octanol–water partition coefficient (Wildman–Crippen LogP) is 3.13. The Labute approximate surface area is 201 Å². The number of hydrogen-bond acceptors (Lipinski definition) is 5. The van der Waals surface area contributed by atoms with Crippen LogP contribution in [-0.2, 0) is 23.1 Å². The molecule has 4 rings (SSSR count). The lowest BCUT2D eigenvalue weighted by molar-refractivity contribution is 0.0951. The van der Waals surface area contributed by atoms with Crippen LogP contribution in [0.3, 0.4) is 0 Å². The summed E-state index contributed by atoms with van der Waals surface area (Å²) in [5, 5.41) is 2.93. The van der Waals surface area contributed by atoms with Crippen LogP contribution in [0.25, 0.3) is 0 Å². The Hall–Kier alpha value is -3.20. The molecule has 3 aromatic carbocycles. The third-order valence-corrected chi connectivity index (χ3v) is 7.86. The molecule has 0 bridgehead atoms. The standard InChI is InChI=1S/C26H29N3O4S/c1-33-24-13-9-21(10-14-24)19-27-26(30)23-11-7-22(8-12-23)20-28-15-17-29(18-16-28)34(31,32)25-5-3-2-4-6-25/h2-14H,15-20H2,1H3,(H,27,30). The quantitative estimate of drug-likeness (QED) is 0.537. The number of sulfonamides is 1. The van der Waals surface area contributed by atoms with Crippen LogP contribution in [-0.4, -0.2) is 56.8 Å². The third-order valence-electron chi connectivity index (χ3n) is 5.95. The van der Waals surface area contributed by atoms with Gasteiger partial charge in [-0.1, -0.05) is 42.5 Å². The van der Waals surface area contributed by atoms with Crippen LogP contribution in [0.2, 0.25) is 0 Å². The molecule has 0 aromatic heterocycles. The van der Waals surface area contributed by atoms with Crippen LogP contribution in [0.4, 0.5) is 0 Å². The molecule has 8 heteroatoms. The lowest BCUT2D eigenvalue weighted by Gasteiger charge is -2.34. The molecule has 1 heterocycles. The van der Waals surface area contributed by atoms with Crippen molar-refractivity contribution in [2.45, 2.75) is 18.0 Å². The molecule has 0 saturated carbocycles. The summed E-state index contributed by atoms with van der Waals surface area (Å²) in [6.45, 7) is 3.41. The average molecular weight is 480 g/mol. The molecule has 0 radical (unpaired) electrons. The van der Waals surface area contributed by atoms with Gasteiger partial charge in [0, 0.05) is 44.8 Å². The lowest BCUT2D eigenvalue weighted by atomic mass is 10.1. The van der Waals surface area contributed by atoms with Crippen molar-refractivity contribution >= 4 is 15.9 Å². The second kappa shape index (κ2) is 10.8. The Balaban J connectivity index is 1.26. The number of carbonyl (C=O) groups is 1. The summed E-state index contributed by atoms with van der Waals surface area (Å²) < 4.78 is 32.3. The molecule has 3 aromatic rings. The van der Waals surface area contributed by atoms with Gasteiger partial charge in [-0.3, -0.25) is 9.69 Å². The molecule has 7 nitrogen and oxygen atoms in total. The molecule has 1 aliphatic rings. The third kappa shape index (κ3) is 5.83. The number of methoxy groups -OCH3 is 1. The Bertz CT molecular complexity index is 1190. The summed E-state index contributed by atoms with van der Waals surface area (Å²) >= 11 is 0. The molecular weight excluding hydrogens is 450 g/mol. The van der Waals surface area contributed by atoms with Gasteiger partial charge in [-0.15, -0.1) is 0 Å². The first kappa shape index (κ1) is 23.9. The molecule has 0 unspecified atom stereocenters. The van der Waals surface area contributed by atoms with Crippen molar-refractivity contribution in [3.8, 4) is 5.75 Å². The highest BCUT2D eigenvalue weighted by Crippen LogP contribution is 2.18. The van der Waals surface area contributed by atoms with E-state index in [1.54, 1.807) is 35.7 Å². The van der Waals surface area contributed by atoms with E-state index in [1.807, 2.05) is 54.6 Å². The van der Waals surface area contributed by atoms with Crippen LogP contribution >= 0.6 is 0 Å². The first-order valence-electron chi connectivity index (χ1n) is 11.2. The Morgan fingerprint density at radius 1 is 0.853 bits per heavy atom. The predicted molar refractivity (Wildman–Crippen MR) is 131 cm³/mol. The van der Waals surface area contributed by atoms with Crippen molar-refractivity contribution in [3.05, 3.63) is 95.6 Å². The molecule has 1 aliphatic heterocycles. The number of ether oxygens (including phenoxy) is 1. The SMILES string of the molecule is COc1ccc(CNC(=O)c2ccc(CN3CCN(S(=O)(=O)c4ccccc4)CC3)cc2)cc1. The van der Waals surface area contributed by atoms with E-state index in [0.717, 1.165) is 16.9 Å². The van der Waals surface area contributed by atoms with E-state index < -0.39 is 10.0 Å². The van der Waals surface area contributed by atoms with Gasteiger partial charge in [-0.05, 0) is 47.5 Å². The fraction of sp³-hybridized carbons (Fsp3) is 0.269. The first-order valence-corrected chi connectivity index (χ1v) is 12.7. The van der Waals surface area contributed by atoms with Crippen molar-refractivity contribution in [2.75, 3.05) is 33.3 Å². The summed E-state index contributed by atoms with van der Waals surface area (Å²) in [6, 6.07) is 23.7. The van der Waals surface area contributed by atoms with E-state index in [-0.39, 0.29) is 5.91 Å². The fourth-order valence-corrected chi connectivity index (χ4v) is 5.36. The normalized spacial score (nSPS) is 15.1. The van der Waals surface area contributed by atoms with Crippen molar-refractivity contribution < 1.29 is 17.9 Å². The minimum Gasteiger partial charge on any atom is -0.497 e. The van der Waals surface area contributed by atoms with Gasteiger partial charge < -0.3 is 10.1 Å². The summed E-state index contributed by atoms with van der Waals surface area (Å²) in [5.74, 6) is 0.659. The fourth-order valence-electron chi connectivity index (χ4n) is 3.92. The summed E-state index contributed by atoms with van der Waals surface area (Å²) in [6.07, 6.45) is 0. The Kier molecular flexibility index (Phi) is 7.62. The molecule has 1 N–H and O–H groups in total. The maximum atomic E-state index is 12.8. The van der Waals surface area contributed by atoms with Gasteiger partial charge in [-0.2, -0.15) is 4.31 Å². The number of nitrogens with one attached hydrogen (secondary N) is 1. The smallest absolute Gasteiger partial charge is 0.251 e. The Morgan fingerprint density at radius 3 is 2.09 bits per heavy atom. The minimum atomic E-state index is -3.45. The van der Waals surface area contributed by atoms with Crippen molar-refractivity contribution in [3.63, 3.8) is 0 Å². The van der Waals surface area contributed by atoms with E-state index in [9.17, 15) is 13.2 Å². The van der Waals surface area contributed by atoms with Gasteiger partial charge in [0.2, 0.25) is 10.0 Å². The van der Waals surface area contributed by atoms with Gasteiger partial charge in [0.1, 0.15) is 5.75 Å². The van der Waals surface area contributed by atoms with E-state index in [1.165, 1.54) is 0 Å². The van der Waals surface area contributed by atoms with Crippen molar-refractivity contribution in [1.82, 2.24) is 14.5 Å². The first-order chi connectivity index (χ1) is 16.5. The topological polar surface area (TPSA) is 79.0 Å². The van der Waals surface area contributed by atoms with E-state index in [0.29, 0.717) is 49.7 Å². The summed E-state index contributed by atoms with van der Waals surface area (Å²) in [5.41, 5.74) is 2.70. The highest BCUT2D eigenvalue weighted by molar-refractivity contribution is 7.89. The molecule has 0 atom stereocenters. The average Bonchev–Trinajstić information content (AvgIpc) is 2.89. The molecule has 34 heavy (non-hydrogen) atoms. The number of amides is 1. The minimum absolute atomic E-state index is 0.123. The highest BCUT2D eigenvalue weighted by atomic mass is 32.2. The molecule has 0 aliphatic carbocycles. The van der Waals surface area contributed by atoms with Gasteiger partial charge in [0.15, 0.2) is 0 Å². The van der Waals surface area contributed by atoms with Crippen LogP contribution in [0.15, 0.2) is 83.8 Å². The molecule has 1 amide bonds. The van der Waals surface area contributed by atoms with Gasteiger partial charge >= 0.3 is 0 Å². The zero-order valence-electron chi connectivity index (χ0n) is 19.2. The van der Waals surface area contributed by atoms with E-state index in [4.69, 9.17) is 4.74 Å². The van der Waals surface area contributed by atoms with Crippen LogP contribution in [0.5, 0.6) is 5.75 Å². The van der Waals surface area contributed by atoms with E-state index >= 15 is 0 Å². The highest BCUT2D eigenvalue weighted by Gasteiger charge is 2.28. The number of nitrogens with zero attached hydrogens (tertiary/aromatic N) is 2. The lowest BCUT2D eigenvalue weighted by Crippen LogP contribution is -2.48. The number of piperazine rings is 1. The molecule has 1 saturated heterocycles. The summed E-state index contributed by atoms with van der Waals surface area (Å²) in [4.78, 5) is 15.1.